The van der Waals surface area contributed by atoms with Crippen molar-refractivity contribution in [1.82, 2.24) is 14.4 Å². The fourth-order valence-electron chi connectivity index (χ4n) is 3.83. The largest absolute Gasteiger partial charge is 0.492 e. The topological polar surface area (TPSA) is 115 Å². The molecule has 1 amide bonds. The van der Waals surface area contributed by atoms with Gasteiger partial charge in [0.1, 0.15) is 5.75 Å². The molecule has 0 spiro atoms. The van der Waals surface area contributed by atoms with Gasteiger partial charge in [0.15, 0.2) is 0 Å². The van der Waals surface area contributed by atoms with Crippen LogP contribution < -0.4 is 10.1 Å². The van der Waals surface area contributed by atoms with Gasteiger partial charge in [0.25, 0.3) is 0 Å². The van der Waals surface area contributed by atoms with Gasteiger partial charge in [-0.05, 0) is 44.9 Å². The van der Waals surface area contributed by atoms with E-state index < -0.39 is 15.9 Å². The van der Waals surface area contributed by atoms with Crippen LogP contribution in [0.25, 0.3) is 10.7 Å². The minimum atomic E-state index is -3.78. The van der Waals surface area contributed by atoms with E-state index >= 15 is 0 Å². The Hall–Kier alpha value is -2.76. The molecule has 1 fully saturated rings. The van der Waals surface area contributed by atoms with E-state index in [1.165, 1.54) is 15.6 Å². The number of para-hydroxylation sites is 2. The van der Waals surface area contributed by atoms with Crippen LogP contribution in [0.15, 0.2) is 39.8 Å². The summed E-state index contributed by atoms with van der Waals surface area (Å²) in [6, 6.07) is 8.80. The third kappa shape index (κ3) is 4.94. The first-order chi connectivity index (χ1) is 15.8. The predicted molar refractivity (Wildman–Crippen MR) is 125 cm³/mol. The monoisotopic (exact) mass is 490 g/mol. The van der Waals surface area contributed by atoms with Gasteiger partial charge in [0.2, 0.25) is 27.6 Å². The van der Waals surface area contributed by atoms with Crippen molar-refractivity contribution >= 4 is 33.0 Å². The van der Waals surface area contributed by atoms with Crippen LogP contribution in [0.1, 0.15) is 30.5 Å². The van der Waals surface area contributed by atoms with Crippen molar-refractivity contribution in [2.75, 3.05) is 25.0 Å². The normalized spacial score (nSPS) is 17.1. The van der Waals surface area contributed by atoms with Gasteiger partial charge in [0, 0.05) is 24.9 Å². The van der Waals surface area contributed by atoms with Crippen molar-refractivity contribution in [2.24, 2.45) is 5.92 Å². The molecule has 0 unspecified atom stereocenters. The van der Waals surface area contributed by atoms with E-state index in [0.29, 0.717) is 58.9 Å². The van der Waals surface area contributed by atoms with E-state index in [1.54, 1.807) is 32.0 Å². The second kappa shape index (κ2) is 9.62. The third-order valence-corrected chi connectivity index (χ3v) is 8.60. The summed E-state index contributed by atoms with van der Waals surface area (Å²) in [5, 5.41) is 6.79. The molecule has 1 aliphatic rings. The summed E-state index contributed by atoms with van der Waals surface area (Å²) < 4.78 is 38.9. The number of hydrogen-bond acceptors (Lipinski definition) is 8. The lowest BCUT2D eigenvalue weighted by Gasteiger charge is -2.31. The molecule has 0 saturated carbocycles. The number of carbonyl (C=O) groups excluding carboxylic acids is 1. The summed E-state index contributed by atoms with van der Waals surface area (Å²) in [4.78, 5) is 18.7. The molecule has 1 N–H and O–H groups in total. The number of nitrogens with zero attached hydrogens (tertiary/aromatic N) is 3. The summed E-state index contributed by atoms with van der Waals surface area (Å²) in [5.74, 6) is 0.697. The molecule has 9 nitrogen and oxygen atoms in total. The minimum Gasteiger partial charge on any atom is -0.492 e. The maximum atomic E-state index is 13.4. The number of rotatable bonds is 7. The zero-order valence-corrected chi connectivity index (χ0v) is 20.3. The Labute approximate surface area is 196 Å². The lowest BCUT2D eigenvalue weighted by molar-refractivity contribution is -0.120. The van der Waals surface area contributed by atoms with Gasteiger partial charge in [-0.3, -0.25) is 4.79 Å². The van der Waals surface area contributed by atoms with Gasteiger partial charge in [-0.15, -0.1) is 11.3 Å². The Morgan fingerprint density at radius 3 is 2.85 bits per heavy atom. The summed E-state index contributed by atoms with van der Waals surface area (Å²) in [7, 11) is -3.78. The van der Waals surface area contributed by atoms with Crippen molar-refractivity contribution in [3.8, 4) is 16.5 Å². The zero-order valence-electron chi connectivity index (χ0n) is 18.7. The van der Waals surface area contributed by atoms with Crippen LogP contribution >= 0.6 is 11.3 Å². The molecule has 1 aromatic carbocycles. The highest BCUT2D eigenvalue weighted by atomic mass is 32.2. The van der Waals surface area contributed by atoms with Crippen molar-refractivity contribution in [3.63, 3.8) is 0 Å². The molecule has 2 aromatic heterocycles. The first kappa shape index (κ1) is 23.4. The number of benzene rings is 1. The molecular weight excluding hydrogens is 464 g/mol. The van der Waals surface area contributed by atoms with Crippen LogP contribution in [0, 0.1) is 19.8 Å². The number of sulfonamides is 1. The van der Waals surface area contributed by atoms with Gasteiger partial charge in [-0.25, -0.2) is 8.42 Å². The molecule has 11 heteroatoms. The first-order valence-corrected chi connectivity index (χ1v) is 13.0. The fourth-order valence-corrected chi connectivity index (χ4v) is 6.84. The van der Waals surface area contributed by atoms with Crippen molar-refractivity contribution < 1.29 is 22.5 Å². The molecule has 3 heterocycles. The van der Waals surface area contributed by atoms with Gasteiger partial charge < -0.3 is 14.6 Å². The van der Waals surface area contributed by atoms with E-state index in [2.05, 4.69) is 15.5 Å². The second-order valence-electron chi connectivity index (χ2n) is 7.79. The van der Waals surface area contributed by atoms with Gasteiger partial charge in [-0.2, -0.15) is 9.29 Å². The molecule has 3 aromatic rings. The standard InChI is InChI=1S/C22H26N4O5S2/c1-4-30-18-10-6-5-9-17(18)24-22(27)16-8-7-11-26(13-16)33(28,29)20-12-19(32-14(20)2)21-23-15(3)31-25-21/h5-6,9-10,12,16H,4,7-8,11,13H2,1-3H3,(H,24,27)/t16-/m1/s1. The molecule has 1 aliphatic heterocycles. The first-order valence-electron chi connectivity index (χ1n) is 10.7. The molecule has 33 heavy (non-hydrogen) atoms. The Kier molecular flexibility index (Phi) is 6.82. The smallest absolute Gasteiger partial charge is 0.244 e. The Balaban J connectivity index is 1.51. The third-order valence-electron chi connectivity index (χ3n) is 5.44. The maximum Gasteiger partial charge on any atom is 0.244 e. The molecular formula is C22H26N4O5S2. The number of thiophene rings is 1. The van der Waals surface area contributed by atoms with Crippen molar-refractivity contribution in [2.45, 2.75) is 38.5 Å². The second-order valence-corrected chi connectivity index (χ2v) is 11.0. The predicted octanol–water partition coefficient (Wildman–Crippen LogP) is 3.85. The fraction of sp³-hybridized carbons (Fsp3) is 0.409. The highest BCUT2D eigenvalue weighted by Crippen LogP contribution is 2.35. The lowest BCUT2D eigenvalue weighted by Crippen LogP contribution is -2.43. The van der Waals surface area contributed by atoms with Crippen LogP contribution in [0.4, 0.5) is 5.69 Å². The number of aryl methyl sites for hydroxylation is 2. The lowest BCUT2D eigenvalue weighted by atomic mass is 9.98. The number of amides is 1. The average Bonchev–Trinajstić information content (AvgIpc) is 3.41. The molecule has 176 valence electrons. The molecule has 0 aliphatic carbocycles. The number of aromatic nitrogens is 2. The quantitative estimate of drug-likeness (QED) is 0.535. The Morgan fingerprint density at radius 2 is 2.12 bits per heavy atom. The summed E-state index contributed by atoms with van der Waals surface area (Å²) in [6.45, 7) is 6.28. The SMILES string of the molecule is CCOc1ccccc1NC(=O)[C@@H]1CCCN(S(=O)(=O)c2cc(-c3noc(C)n3)sc2C)C1. The number of carbonyl (C=O) groups is 1. The van der Waals surface area contributed by atoms with Crippen LogP contribution in [0.5, 0.6) is 5.75 Å². The van der Waals surface area contributed by atoms with Crippen LogP contribution in [0.2, 0.25) is 0 Å². The van der Waals surface area contributed by atoms with Crippen molar-refractivity contribution in [1.29, 1.82) is 0 Å². The molecule has 0 bridgehead atoms. The Bertz CT molecular complexity index is 1250. The van der Waals surface area contributed by atoms with Gasteiger partial charge in [-0.1, -0.05) is 17.3 Å². The van der Waals surface area contributed by atoms with Crippen LogP contribution in [-0.4, -0.2) is 48.5 Å². The van der Waals surface area contributed by atoms with E-state index in [4.69, 9.17) is 9.26 Å². The molecule has 0 radical (unpaired) electrons. The summed E-state index contributed by atoms with van der Waals surface area (Å²) in [6.07, 6.45) is 1.22. The van der Waals surface area contributed by atoms with E-state index in [9.17, 15) is 13.2 Å². The highest BCUT2D eigenvalue weighted by Gasteiger charge is 2.35. The minimum absolute atomic E-state index is 0.122. The summed E-state index contributed by atoms with van der Waals surface area (Å²) in [5.41, 5.74) is 0.582. The maximum absolute atomic E-state index is 13.4. The molecule has 4 rings (SSSR count). The highest BCUT2D eigenvalue weighted by molar-refractivity contribution is 7.89. The average molecular weight is 491 g/mol. The zero-order chi connectivity index (χ0) is 23.6. The van der Waals surface area contributed by atoms with Gasteiger partial charge in [0.05, 0.1) is 28.0 Å². The van der Waals surface area contributed by atoms with Crippen LogP contribution in [0.3, 0.4) is 0 Å². The van der Waals surface area contributed by atoms with Crippen molar-refractivity contribution in [3.05, 3.63) is 41.1 Å². The number of ether oxygens (including phenoxy) is 1. The van der Waals surface area contributed by atoms with E-state index in [0.717, 1.165) is 0 Å². The number of anilines is 1. The van der Waals surface area contributed by atoms with E-state index in [1.807, 2.05) is 19.1 Å². The number of nitrogens with one attached hydrogen (secondary N) is 1. The van der Waals surface area contributed by atoms with Gasteiger partial charge >= 0.3 is 0 Å². The van der Waals surface area contributed by atoms with E-state index in [-0.39, 0.29) is 17.3 Å². The molecule has 1 atom stereocenters. The Morgan fingerprint density at radius 1 is 1.33 bits per heavy atom. The summed E-state index contributed by atoms with van der Waals surface area (Å²) >= 11 is 1.30. The number of piperidine rings is 1. The van der Waals surface area contributed by atoms with Crippen LogP contribution in [-0.2, 0) is 14.8 Å². The molecule has 1 saturated heterocycles. The number of hydrogen-bond donors (Lipinski definition) is 1.